The highest BCUT2D eigenvalue weighted by atomic mass is 35.5. The topological polar surface area (TPSA) is 64.7 Å². The van der Waals surface area contributed by atoms with Crippen molar-refractivity contribution in [2.75, 3.05) is 0 Å². The number of nitrogens with zero attached hydrogens (tertiary/aromatic N) is 2. The maximum atomic E-state index is 12.9. The van der Waals surface area contributed by atoms with Crippen molar-refractivity contribution in [3.63, 3.8) is 0 Å². The summed E-state index contributed by atoms with van der Waals surface area (Å²) < 4.78 is 44.0. The molecule has 0 N–H and O–H groups in total. The molecular weight excluding hydrogens is 492 g/mol. The normalized spacial score (nSPS) is 11.7. The van der Waals surface area contributed by atoms with Crippen LogP contribution in [-0.4, -0.2) is 11.1 Å². The Labute approximate surface area is 195 Å². The number of benzene rings is 3. The number of rotatable bonds is 5. The lowest BCUT2D eigenvalue weighted by molar-refractivity contribution is -0.385. The second-order valence-corrected chi connectivity index (χ2v) is 7.77. The van der Waals surface area contributed by atoms with Gasteiger partial charge in [0.15, 0.2) is 5.75 Å². The van der Waals surface area contributed by atoms with Crippen molar-refractivity contribution >= 4 is 52.4 Å². The maximum absolute atomic E-state index is 12.9. The quantitative estimate of drug-likeness (QED) is 0.199. The van der Waals surface area contributed by atoms with Crippen molar-refractivity contribution in [1.82, 2.24) is 0 Å². The minimum Gasteiger partial charge on any atom is -0.447 e. The molecule has 3 aromatic carbocycles. The van der Waals surface area contributed by atoms with E-state index in [1.54, 1.807) is 12.1 Å². The fourth-order valence-electron chi connectivity index (χ4n) is 2.60. The maximum Gasteiger partial charge on any atom is 0.416 e. The molecule has 0 amide bonds. The molecule has 166 valence electrons. The lowest BCUT2D eigenvalue weighted by atomic mass is 10.1. The zero-order valence-corrected chi connectivity index (χ0v) is 18.4. The molecule has 3 rings (SSSR count). The number of aliphatic imine (C=N–C) groups is 1. The third kappa shape index (κ3) is 5.51. The van der Waals surface area contributed by atoms with Crippen LogP contribution in [0.2, 0.25) is 15.1 Å². The van der Waals surface area contributed by atoms with E-state index in [1.807, 2.05) is 13.0 Å². The van der Waals surface area contributed by atoms with Crippen LogP contribution in [0.1, 0.15) is 16.7 Å². The molecule has 0 aromatic heterocycles. The van der Waals surface area contributed by atoms with E-state index in [0.717, 1.165) is 11.6 Å². The van der Waals surface area contributed by atoms with E-state index in [9.17, 15) is 23.3 Å². The van der Waals surface area contributed by atoms with E-state index >= 15 is 0 Å². The summed E-state index contributed by atoms with van der Waals surface area (Å²) in [5, 5.41) is 11.8. The Morgan fingerprint density at radius 1 is 1.00 bits per heavy atom. The molecular formula is C21H12Cl3F3N2O3. The molecule has 0 unspecified atom stereocenters. The molecule has 0 radical (unpaired) electrons. The molecule has 32 heavy (non-hydrogen) atoms. The van der Waals surface area contributed by atoms with E-state index in [-0.39, 0.29) is 15.8 Å². The molecule has 0 aliphatic carbocycles. The Hall–Kier alpha value is -2.81. The molecule has 0 bridgehead atoms. The molecule has 3 aromatic rings. The fraction of sp³-hybridized carbons (Fsp3) is 0.0952. The number of nitro groups is 1. The highest BCUT2D eigenvalue weighted by molar-refractivity contribution is 6.37. The average molecular weight is 504 g/mol. The zero-order chi connectivity index (χ0) is 23.6. The Balaban J connectivity index is 1.91. The molecule has 0 saturated carbocycles. The first-order chi connectivity index (χ1) is 15.0. The van der Waals surface area contributed by atoms with Crippen LogP contribution in [0.15, 0.2) is 53.5 Å². The van der Waals surface area contributed by atoms with Gasteiger partial charge < -0.3 is 4.74 Å². The first kappa shape index (κ1) is 23.8. The van der Waals surface area contributed by atoms with Crippen LogP contribution >= 0.6 is 34.8 Å². The second kappa shape index (κ2) is 9.36. The van der Waals surface area contributed by atoms with Crippen LogP contribution in [0.25, 0.3) is 0 Å². The van der Waals surface area contributed by atoms with Gasteiger partial charge in [-0.2, -0.15) is 13.2 Å². The Bertz CT molecular complexity index is 1210. The standard InChI is InChI=1S/C21H12Cl3F3N2O3/c1-11-2-4-14(9-15(11)22)28-10-12-6-16(23)20(17(24)7-12)32-19-5-3-13(21(25,26)27)8-18(19)29(30)31/h2-10H,1H3. The van der Waals surface area contributed by atoms with E-state index in [1.165, 1.54) is 18.3 Å². The average Bonchev–Trinajstić information content (AvgIpc) is 2.70. The van der Waals surface area contributed by atoms with Crippen LogP contribution < -0.4 is 4.74 Å². The van der Waals surface area contributed by atoms with Gasteiger partial charge in [0, 0.05) is 17.3 Å². The van der Waals surface area contributed by atoms with Crippen LogP contribution in [0.4, 0.5) is 24.5 Å². The van der Waals surface area contributed by atoms with Gasteiger partial charge in [-0.05, 0) is 54.4 Å². The summed E-state index contributed by atoms with van der Waals surface area (Å²) in [7, 11) is 0. The van der Waals surface area contributed by atoms with E-state index in [4.69, 9.17) is 39.5 Å². The van der Waals surface area contributed by atoms with Crippen molar-refractivity contribution in [2.24, 2.45) is 4.99 Å². The number of nitro benzene ring substituents is 1. The van der Waals surface area contributed by atoms with E-state index in [2.05, 4.69) is 4.99 Å². The van der Waals surface area contributed by atoms with Crippen LogP contribution in [0, 0.1) is 17.0 Å². The van der Waals surface area contributed by atoms with Gasteiger partial charge in [-0.25, -0.2) is 0 Å². The first-order valence-corrected chi connectivity index (χ1v) is 9.92. The molecule has 0 heterocycles. The number of hydrogen-bond acceptors (Lipinski definition) is 4. The molecule has 11 heteroatoms. The van der Waals surface area contributed by atoms with Crippen LogP contribution in [0.3, 0.4) is 0 Å². The smallest absolute Gasteiger partial charge is 0.416 e. The Kier molecular flexibility index (Phi) is 6.97. The van der Waals surface area contributed by atoms with Gasteiger partial charge in [-0.15, -0.1) is 0 Å². The molecule has 0 fully saturated rings. The monoisotopic (exact) mass is 502 g/mol. The van der Waals surface area contributed by atoms with Gasteiger partial charge in [0.2, 0.25) is 5.75 Å². The second-order valence-electron chi connectivity index (χ2n) is 6.54. The van der Waals surface area contributed by atoms with Gasteiger partial charge in [0.1, 0.15) is 0 Å². The molecule has 0 aliphatic rings. The minimum atomic E-state index is -4.75. The predicted molar refractivity (Wildman–Crippen MR) is 118 cm³/mol. The lowest BCUT2D eigenvalue weighted by Gasteiger charge is -2.12. The zero-order valence-electron chi connectivity index (χ0n) is 16.1. The van der Waals surface area contributed by atoms with Gasteiger partial charge >= 0.3 is 11.9 Å². The number of alkyl halides is 3. The van der Waals surface area contributed by atoms with Crippen molar-refractivity contribution in [3.05, 3.63) is 90.4 Å². The van der Waals surface area contributed by atoms with Crippen LogP contribution in [0.5, 0.6) is 11.5 Å². The van der Waals surface area contributed by atoms with Crippen molar-refractivity contribution in [1.29, 1.82) is 0 Å². The molecule has 0 aliphatic heterocycles. The van der Waals surface area contributed by atoms with E-state index in [0.29, 0.717) is 28.4 Å². The highest BCUT2D eigenvalue weighted by Gasteiger charge is 2.33. The van der Waals surface area contributed by atoms with Gasteiger partial charge in [0.25, 0.3) is 0 Å². The van der Waals surface area contributed by atoms with Crippen LogP contribution in [-0.2, 0) is 6.18 Å². The molecule has 0 saturated heterocycles. The lowest BCUT2D eigenvalue weighted by Crippen LogP contribution is -2.06. The number of aryl methyl sites for hydroxylation is 1. The minimum absolute atomic E-state index is 0.0184. The summed E-state index contributed by atoms with van der Waals surface area (Å²) in [5.74, 6) is -0.589. The molecule has 0 atom stereocenters. The fourth-order valence-corrected chi connectivity index (χ4v) is 3.35. The predicted octanol–water partition coefficient (Wildman–Crippen LogP) is 8.43. The molecule has 0 spiro atoms. The van der Waals surface area contributed by atoms with Crippen molar-refractivity contribution in [3.8, 4) is 11.5 Å². The van der Waals surface area contributed by atoms with Crippen molar-refractivity contribution in [2.45, 2.75) is 13.1 Å². The van der Waals surface area contributed by atoms with Gasteiger partial charge in [-0.1, -0.05) is 40.9 Å². The summed E-state index contributed by atoms with van der Waals surface area (Å²) >= 11 is 18.5. The van der Waals surface area contributed by atoms with Gasteiger partial charge in [0.05, 0.1) is 26.2 Å². The Morgan fingerprint density at radius 3 is 2.22 bits per heavy atom. The highest BCUT2D eigenvalue weighted by Crippen LogP contribution is 2.42. The van der Waals surface area contributed by atoms with Gasteiger partial charge in [-0.3, -0.25) is 15.1 Å². The first-order valence-electron chi connectivity index (χ1n) is 8.78. The third-order valence-electron chi connectivity index (χ3n) is 4.23. The summed E-state index contributed by atoms with van der Waals surface area (Å²) in [5.41, 5.74) is -0.0829. The number of hydrogen-bond donors (Lipinski definition) is 0. The number of ether oxygens (including phenoxy) is 1. The van der Waals surface area contributed by atoms with Crippen molar-refractivity contribution < 1.29 is 22.8 Å². The summed E-state index contributed by atoms with van der Waals surface area (Å²) in [4.78, 5) is 14.5. The summed E-state index contributed by atoms with van der Waals surface area (Å²) in [6, 6.07) is 10.0. The molecule has 5 nitrogen and oxygen atoms in total. The summed E-state index contributed by atoms with van der Waals surface area (Å²) in [6.45, 7) is 1.86. The third-order valence-corrected chi connectivity index (χ3v) is 5.20. The van der Waals surface area contributed by atoms with E-state index < -0.39 is 28.1 Å². The SMILES string of the molecule is Cc1ccc(N=Cc2cc(Cl)c(Oc3ccc(C(F)(F)F)cc3[N+](=O)[O-])c(Cl)c2)cc1Cl. The summed E-state index contributed by atoms with van der Waals surface area (Å²) in [6.07, 6.45) is -3.27. The Morgan fingerprint density at radius 2 is 1.66 bits per heavy atom. The largest absolute Gasteiger partial charge is 0.447 e. The number of halogens is 6.